The summed E-state index contributed by atoms with van der Waals surface area (Å²) in [5, 5.41) is 10.8. The molecule has 8 heteroatoms. The van der Waals surface area contributed by atoms with Gasteiger partial charge >= 0.3 is 5.97 Å². The van der Waals surface area contributed by atoms with Gasteiger partial charge in [-0.2, -0.15) is 0 Å². The third kappa shape index (κ3) is 3.62. The summed E-state index contributed by atoms with van der Waals surface area (Å²) in [6, 6.07) is 1.29. The normalized spacial score (nSPS) is 20.3. The molecular formula is C13H17NO5S2. The van der Waals surface area contributed by atoms with Crippen molar-refractivity contribution in [2.75, 3.05) is 18.1 Å². The van der Waals surface area contributed by atoms with E-state index in [0.717, 1.165) is 5.56 Å². The first-order valence-corrected chi connectivity index (χ1v) is 9.33. The number of hydrogen-bond donors (Lipinski definition) is 1. The first-order valence-electron chi connectivity index (χ1n) is 6.63. The quantitative estimate of drug-likeness (QED) is 0.870. The maximum absolute atomic E-state index is 12.6. The van der Waals surface area contributed by atoms with Gasteiger partial charge in [-0.15, -0.1) is 11.3 Å². The Hall–Kier alpha value is -1.41. The highest BCUT2D eigenvalue weighted by molar-refractivity contribution is 7.91. The average Bonchev–Trinajstić information content (AvgIpc) is 3.00. The maximum atomic E-state index is 12.6. The minimum atomic E-state index is -3.18. The molecule has 1 saturated heterocycles. The lowest BCUT2D eigenvalue weighted by atomic mass is 10.1. The van der Waals surface area contributed by atoms with Crippen molar-refractivity contribution in [2.45, 2.75) is 25.8 Å². The molecule has 0 aliphatic carbocycles. The highest BCUT2D eigenvalue weighted by Crippen LogP contribution is 2.24. The Morgan fingerprint density at radius 1 is 1.48 bits per heavy atom. The lowest BCUT2D eigenvalue weighted by molar-refractivity contribution is -0.138. The number of aryl methyl sites for hydroxylation is 1. The molecule has 0 spiro atoms. The van der Waals surface area contributed by atoms with Crippen molar-refractivity contribution < 1.29 is 23.1 Å². The Balaban J connectivity index is 2.28. The molecule has 1 aromatic heterocycles. The third-order valence-corrected chi connectivity index (χ3v) is 6.23. The molecule has 0 saturated carbocycles. The number of rotatable bonds is 5. The van der Waals surface area contributed by atoms with Gasteiger partial charge in [-0.05, 0) is 29.9 Å². The molecule has 1 aromatic rings. The average molecular weight is 331 g/mol. The van der Waals surface area contributed by atoms with Gasteiger partial charge in [0.15, 0.2) is 9.84 Å². The molecule has 1 N–H and O–H groups in total. The fourth-order valence-corrected chi connectivity index (χ4v) is 5.15. The Morgan fingerprint density at radius 3 is 2.71 bits per heavy atom. The van der Waals surface area contributed by atoms with Gasteiger partial charge in [0.25, 0.3) is 5.91 Å². The Bertz CT molecular complexity index is 649. The molecule has 1 amide bonds. The van der Waals surface area contributed by atoms with Crippen molar-refractivity contribution in [3.63, 3.8) is 0 Å². The van der Waals surface area contributed by atoms with Gasteiger partial charge in [0.1, 0.15) is 6.54 Å². The molecule has 1 aliphatic rings. The molecule has 1 atom stereocenters. The summed E-state index contributed by atoms with van der Waals surface area (Å²) < 4.78 is 23.2. The van der Waals surface area contributed by atoms with Gasteiger partial charge in [-0.25, -0.2) is 8.42 Å². The van der Waals surface area contributed by atoms with Crippen LogP contribution in [0.3, 0.4) is 0 Å². The first kappa shape index (κ1) is 16.0. The largest absolute Gasteiger partial charge is 0.480 e. The minimum absolute atomic E-state index is 0.00609. The van der Waals surface area contributed by atoms with Crippen LogP contribution in [0.2, 0.25) is 0 Å². The Kier molecular flexibility index (Phi) is 4.67. The number of carboxylic acids is 1. The van der Waals surface area contributed by atoms with Crippen molar-refractivity contribution in [2.24, 2.45) is 0 Å². The van der Waals surface area contributed by atoms with Crippen LogP contribution in [0.5, 0.6) is 0 Å². The van der Waals surface area contributed by atoms with Crippen LogP contribution in [0.4, 0.5) is 0 Å². The molecule has 0 bridgehead atoms. The summed E-state index contributed by atoms with van der Waals surface area (Å²) in [6.07, 6.45) is 0.975. The van der Waals surface area contributed by atoms with Crippen LogP contribution in [0.1, 0.15) is 28.6 Å². The van der Waals surface area contributed by atoms with E-state index in [2.05, 4.69) is 0 Å². The molecule has 1 aliphatic heterocycles. The van der Waals surface area contributed by atoms with E-state index in [4.69, 9.17) is 5.11 Å². The van der Waals surface area contributed by atoms with E-state index in [0.29, 0.717) is 17.7 Å². The van der Waals surface area contributed by atoms with Crippen LogP contribution in [0.15, 0.2) is 11.4 Å². The highest BCUT2D eigenvalue weighted by atomic mass is 32.2. The number of aliphatic carboxylic acids is 1. The van der Waals surface area contributed by atoms with Gasteiger partial charge < -0.3 is 10.0 Å². The van der Waals surface area contributed by atoms with Gasteiger partial charge in [0.05, 0.1) is 16.4 Å². The van der Waals surface area contributed by atoms with Crippen LogP contribution in [0, 0.1) is 0 Å². The second-order valence-corrected chi connectivity index (χ2v) is 8.16. The number of carbonyl (C=O) groups is 2. The van der Waals surface area contributed by atoms with Crippen LogP contribution < -0.4 is 0 Å². The summed E-state index contributed by atoms with van der Waals surface area (Å²) >= 11 is 1.26. The second-order valence-electron chi connectivity index (χ2n) is 5.01. The predicted octanol–water partition coefficient (Wildman–Crippen LogP) is 1.02. The number of amides is 1. The molecule has 2 heterocycles. The van der Waals surface area contributed by atoms with Crippen molar-refractivity contribution in [3.05, 3.63) is 21.9 Å². The zero-order valence-electron chi connectivity index (χ0n) is 11.6. The van der Waals surface area contributed by atoms with Crippen molar-refractivity contribution >= 4 is 33.1 Å². The van der Waals surface area contributed by atoms with E-state index in [1.807, 2.05) is 13.0 Å². The third-order valence-electron chi connectivity index (χ3n) is 3.54. The van der Waals surface area contributed by atoms with E-state index in [1.165, 1.54) is 16.2 Å². The van der Waals surface area contributed by atoms with E-state index in [-0.39, 0.29) is 17.4 Å². The number of sulfone groups is 1. The monoisotopic (exact) mass is 331 g/mol. The molecule has 116 valence electrons. The van der Waals surface area contributed by atoms with Crippen molar-refractivity contribution in [3.8, 4) is 0 Å². The van der Waals surface area contributed by atoms with Gasteiger partial charge in [-0.3, -0.25) is 9.59 Å². The Labute approximate surface area is 127 Å². The lowest BCUT2D eigenvalue weighted by Crippen LogP contribution is -2.44. The SMILES string of the molecule is CCc1ccsc1C(=O)N(CC(=O)O)C1CCS(=O)(=O)C1. The number of carboxylic acid groups (broad SMARTS) is 1. The standard InChI is InChI=1S/C13H17NO5S2/c1-2-9-3-5-20-12(9)13(17)14(7-11(15)16)10-4-6-21(18,19)8-10/h3,5,10H,2,4,6-8H2,1H3,(H,15,16). The topological polar surface area (TPSA) is 91.8 Å². The molecule has 0 aromatic carbocycles. The van der Waals surface area contributed by atoms with Crippen molar-refractivity contribution in [1.82, 2.24) is 4.90 Å². The maximum Gasteiger partial charge on any atom is 0.323 e. The number of nitrogens with zero attached hydrogens (tertiary/aromatic N) is 1. The van der Waals surface area contributed by atoms with Crippen LogP contribution in [0.25, 0.3) is 0 Å². The van der Waals surface area contributed by atoms with Gasteiger partial charge in [-0.1, -0.05) is 6.92 Å². The fraction of sp³-hybridized carbons (Fsp3) is 0.538. The Morgan fingerprint density at radius 2 is 2.19 bits per heavy atom. The highest BCUT2D eigenvalue weighted by Gasteiger charge is 2.36. The smallest absolute Gasteiger partial charge is 0.323 e. The minimum Gasteiger partial charge on any atom is -0.480 e. The predicted molar refractivity (Wildman–Crippen MR) is 79.4 cm³/mol. The summed E-state index contributed by atoms with van der Waals surface area (Å²) in [4.78, 5) is 25.3. The van der Waals surface area contributed by atoms with E-state index in [1.54, 1.807) is 5.38 Å². The number of carbonyl (C=O) groups excluding carboxylic acids is 1. The summed E-state index contributed by atoms with van der Waals surface area (Å²) in [6.45, 7) is 1.44. The van der Waals surface area contributed by atoms with Gasteiger partial charge in [0, 0.05) is 6.04 Å². The van der Waals surface area contributed by atoms with Gasteiger partial charge in [0.2, 0.25) is 0 Å². The molecule has 2 rings (SSSR count). The molecular weight excluding hydrogens is 314 g/mol. The summed E-state index contributed by atoms with van der Waals surface area (Å²) in [5.41, 5.74) is 0.862. The fourth-order valence-electron chi connectivity index (χ4n) is 2.47. The first-order chi connectivity index (χ1) is 9.84. The lowest BCUT2D eigenvalue weighted by Gasteiger charge is -2.26. The van der Waals surface area contributed by atoms with E-state index < -0.39 is 28.4 Å². The van der Waals surface area contributed by atoms with Crippen LogP contribution in [-0.2, 0) is 21.1 Å². The van der Waals surface area contributed by atoms with E-state index in [9.17, 15) is 18.0 Å². The summed E-state index contributed by atoms with van der Waals surface area (Å²) in [5.74, 6) is -1.67. The summed E-state index contributed by atoms with van der Waals surface area (Å²) in [7, 11) is -3.18. The zero-order valence-corrected chi connectivity index (χ0v) is 13.2. The molecule has 21 heavy (non-hydrogen) atoms. The number of hydrogen-bond acceptors (Lipinski definition) is 5. The van der Waals surface area contributed by atoms with E-state index >= 15 is 0 Å². The molecule has 1 fully saturated rings. The molecule has 0 radical (unpaired) electrons. The zero-order chi connectivity index (χ0) is 15.6. The number of thiophene rings is 1. The van der Waals surface area contributed by atoms with Crippen LogP contribution in [-0.4, -0.2) is 54.4 Å². The van der Waals surface area contributed by atoms with Crippen molar-refractivity contribution in [1.29, 1.82) is 0 Å². The molecule has 6 nitrogen and oxygen atoms in total. The molecule has 1 unspecified atom stereocenters. The second kappa shape index (κ2) is 6.15. The van der Waals surface area contributed by atoms with Crippen LogP contribution >= 0.6 is 11.3 Å².